The van der Waals surface area contributed by atoms with Gasteiger partial charge in [0, 0.05) is 24.8 Å². The molecule has 0 saturated carbocycles. The Balaban J connectivity index is 2.01. The van der Waals surface area contributed by atoms with Gasteiger partial charge in [-0.25, -0.2) is 4.79 Å². The highest BCUT2D eigenvalue weighted by atomic mass is 16.5. The third kappa shape index (κ3) is 3.77. The average molecular weight is 286 g/mol. The number of methoxy groups -OCH3 is 1. The van der Waals surface area contributed by atoms with Crippen LogP contribution in [0.5, 0.6) is 0 Å². The van der Waals surface area contributed by atoms with Crippen molar-refractivity contribution in [3.8, 4) is 12.3 Å². The first-order chi connectivity index (χ1) is 10.2. The van der Waals surface area contributed by atoms with Crippen LogP contribution in [0, 0.1) is 19.3 Å². The lowest BCUT2D eigenvalue weighted by atomic mass is 10.0. The van der Waals surface area contributed by atoms with E-state index in [4.69, 9.17) is 11.2 Å². The van der Waals surface area contributed by atoms with Gasteiger partial charge in [0.25, 0.3) is 0 Å². The van der Waals surface area contributed by atoms with Crippen molar-refractivity contribution in [1.29, 1.82) is 0 Å². The molecule has 0 radical (unpaired) electrons. The van der Waals surface area contributed by atoms with E-state index in [-0.39, 0.29) is 5.97 Å². The molecule has 0 amide bonds. The summed E-state index contributed by atoms with van der Waals surface area (Å²) in [4.78, 5) is 14.0. The number of esters is 1. The fourth-order valence-electron chi connectivity index (χ4n) is 2.71. The number of anilines is 1. The Morgan fingerprint density at radius 1 is 1.48 bits per heavy atom. The molecule has 4 heteroatoms. The Labute approximate surface area is 126 Å². The first-order valence-electron chi connectivity index (χ1n) is 7.26. The van der Waals surface area contributed by atoms with E-state index in [0.717, 1.165) is 43.7 Å². The molecule has 1 aromatic rings. The second-order valence-corrected chi connectivity index (χ2v) is 5.37. The average Bonchev–Trinajstić information content (AvgIpc) is 2.51. The Kier molecular flexibility index (Phi) is 5.24. The van der Waals surface area contributed by atoms with E-state index in [1.165, 1.54) is 7.11 Å². The number of benzene rings is 1. The zero-order chi connectivity index (χ0) is 15.2. The van der Waals surface area contributed by atoms with E-state index in [1.54, 1.807) is 6.07 Å². The van der Waals surface area contributed by atoms with E-state index >= 15 is 0 Å². The third-order valence-electron chi connectivity index (χ3n) is 4.00. The molecular weight excluding hydrogens is 264 g/mol. The quantitative estimate of drug-likeness (QED) is 0.681. The lowest BCUT2D eigenvalue weighted by Crippen LogP contribution is -2.39. The van der Waals surface area contributed by atoms with E-state index in [0.29, 0.717) is 11.6 Å². The number of ether oxygens (including phenoxy) is 1. The van der Waals surface area contributed by atoms with Gasteiger partial charge in [-0.3, -0.25) is 4.90 Å². The fraction of sp³-hybridized carbons (Fsp3) is 0.471. The molecule has 0 aromatic heterocycles. The van der Waals surface area contributed by atoms with Gasteiger partial charge in [-0.05, 0) is 37.5 Å². The van der Waals surface area contributed by atoms with Crippen LogP contribution in [-0.2, 0) is 4.74 Å². The Morgan fingerprint density at radius 3 is 2.81 bits per heavy atom. The molecule has 0 aliphatic carbocycles. The highest BCUT2D eigenvalue weighted by Gasteiger charge is 2.20. The second-order valence-electron chi connectivity index (χ2n) is 5.37. The minimum absolute atomic E-state index is 0.292. The molecule has 21 heavy (non-hydrogen) atoms. The van der Waals surface area contributed by atoms with Crippen LogP contribution in [0.25, 0.3) is 0 Å². The van der Waals surface area contributed by atoms with Gasteiger partial charge in [-0.15, -0.1) is 6.42 Å². The lowest BCUT2D eigenvalue weighted by molar-refractivity contribution is 0.0600. The predicted molar refractivity (Wildman–Crippen MR) is 84.4 cm³/mol. The van der Waals surface area contributed by atoms with Crippen molar-refractivity contribution < 1.29 is 9.53 Å². The van der Waals surface area contributed by atoms with Crippen molar-refractivity contribution in [3.05, 3.63) is 29.3 Å². The van der Waals surface area contributed by atoms with Gasteiger partial charge in [0.1, 0.15) is 0 Å². The van der Waals surface area contributed by atoms with Crippen LogP contribution in [0.2, 0.25) is 0 Å². The molecule has 1 aromatic carbocycles. The molecule has 1 N–H and O–H groups in total. The summed E-state index contributed by atoms with van der Waals surface area (Å²) in [5.74, 6) is 2.40. The number of carbonyl (C=O) groups is 1. The number of carbonyl (C=O) groups excluding carboxylic acids is 1. The first kappa shape index (κ1) is 15.4. The molecule has 1 aliphatic rings. The number of nitrogens with zero attached hydrogens (tertiary/aromatic N) is 1. The van der Waals surface area contributed by atoms with Gasteiger partial charge in [0.2, 0.25) is 0 Å². The van der Waals surface area contributed by atoms with Gasteiger partial charge in [-0.1, -0.05) is 12.0 Å². The minimum Gasteiger partial charge on any atom is -0.465 e. The predicted octanol–water partition coefficient (Wildman–Crippen LogP) is 2.29. The van der Waals surface area contributed by atoms with Crippen molar-refractivity contribution in [2.75, 3.05) is 32.1 Å². The molecule has 1 fully saturated rings. The Bertz CT molecular complexity index is 540. The maximum atomic E-state index is 11.7. The van der Waals surface area contributed by atoms with Gasteiger partial charge in [0.15, 0.2) is 0 Å². The van der Waals surface area contributed by atoms with Gasteiger partial charge in [0.05, 0.1) is 19.2 Å². The summed E-state index contributed by atoms with van der Waals surface area (Å²) in [6, 6.07) is 6.11. The minimum atomic E-state index is -0.292. The largest absolute Gasteiger partial charge is 0.465 e. The summed E-state index contributed by atoms with van der Waals surface area (Å²) in [6.45, 7) is 4.70. The van der Waals surface area contributed by atoms with Crippen LogP contribution in [0.3, 0.4) is 0 Å². The van der Waals surface area contributed by atoms with Crippen molar-refractivity contribution >= 4 is 11.7 Å². The van der Waals surface area contributed by atoms with Crippen LogP contribution in [0.15, 0.2) is 18.2 Å². The number of likely N-dealkylation sites (tertiary alicyclic amines) is 1. The zero-order valence-corrected chi connectivity index (χ0v) is 12.7. The van der Waals surface area contributed by atoms with E-state index in [9.17, 15) is 4.79 Å². The fourth-order valence-corrected chi connectivity index (χ4v) is 2.71. The number of rotatable bonds is 4. The number of nitrogens with one attached hydrogen (secondary N) is 1. The maximum Gasteiger partial charge on any atom is 0.338 e. The van der Waals surface area contributed by atoms with E-state index < -0.39 is 0 Å². The lowest BCUT2D eigenvalue weighted by Gasteiger charge is -2.32. The van der Waals surface area contributed by atoms with Crippen LogP contribution < -0.4 is 5.32 Å². The standard InChI is InChI=1S/C17H22N2O2/c1-4-10-19-11-8-14(9-12-19)18-16-7-5-6-15(13(16)2)17(20)21-3/h1,5-7,14,18H,8-12H2,2-3H3. The molecule has 1 heterocycles. The summed E-state index contributed by atoms with van der Waals surface area (Å²) in [6.07, 6.45) is 7.46. The maximum absolute atomic E-state index is 11.7. The summed E-state index contributed by atoms with van der Waals surface area (Å²) in [7, 11) is 1.41. The molecular formula is C17H22N2O2. The van der Waals surface area contributed by atoms with Crippen molar-refractivity contribution in [2.24, 2.45) is 0 Å². The molecule has 0 bridgehead atoms. The van der Waals surface area contributed by atoms with Crippen molar-refractivity contribution in [3.63, 3.8) is 0 Å². The van der Waals surface area contributed by atoms with Crippen LogP contribution in [0.4, 0.5) is 5.69 Å². The molecule has 1 aliphatic heterocycles. The highest BCUT2D eigenvalue weighted by molar-refractivity contribution is 5.92. The van der Waals surface area contributed by atoms with Crippen LogP contribution in [-0.4, -0.2) is 43.7 Å². The first-order valence-corrected chi connectivity index (χ1v) is 7.26. The summed E-state index contributed by atoms with van der Waals surface area (Å²) in [5.41, 5.74) is 2.57. The molecule has 0 unspecified atom stereocenters. The molecule has 112 valence electrons. The summed E-state index contributed by atoms with van der Waals surface area (Å²) in [5, 5.41) is 3.55. The topological polar surface area (TPSA) is 41.6 Å². The van der Waals surface area contributed by atoms with E-state index in [1.807, 2.05) is 19.1 Å². The summed E-state index contributed by atoms with van der Waals surface area (Å²) >= 11 is 0. The second kappa shape index (κ2) is 7.14. The third-order valence-corrected chi connectivity index (χ3v) is 4.00. The zero-order valence-electron chi connectivity index (χ0n) is 12.7. The van der Waals surface area contributed by atoms with Gasteiger partial charge < -0.3 is 10.1 Å². The number of hydrogen-bond donors (Lipinski definition) is 1. The van der Waals surface area contributed by atoms with Gasteiger partial charge >= 0.3 is 5.97 Å². The molecule has 2 rings (SSSR count). The molecule has 0 spiro atoms. The number of hydrogen-bond acceptors (Lipinski definition) is 4. The SMILES string of the molecule is C#CCN1CCC(Nc2cccc(C(=O)OC)c2C)CC1. The van der Waals surface area contributed by atoms with Gasteiger partial charge in [-0.2, -0.15) is 0 Å². The molecule has 0 atom stereocenters. The highest BCUT2D eigenvalue weighted by Crippen LogP contribution is 2.23. The monoisotopic (exact) mass is 286 g/mol. The number of terminal acetylenes is 1. The molecule has 1 saturated heterocycles. The van der Waals surface area contributed by atoms with Crippen molar-refractivity contribution in [1.82, 2.24) is 4.90 Å². The summed E-state index contributed by atoms with van der Waals surface area (Å²) < 4.78 is 4.81. The number of piperidine rings is 1. The van der Waals surface area contributed by atoms with Crippen molar-refractivity contribution in [2.45, 2.75) is 25.8 Å². The Hall–Kier alpha value is -1.99. The molecule has 4 nitrogen and oxygen atoms in total. The van der Waals surface area contributed by atoms with E-state index in [2.05, 4.69) is 16.1 Å². The van der Waals surface area contributed by atoms with Crippen LogP contribution in [0.1, 0.15) is 28.8 Å². The normalized spacial score (nSPS) is 16.2. The Morgan fingerprint density at radius 2 is 2.19 bits per heavy atom. The smallest absolute Gasteiger partial charge is 0.338 e. The van der Waals surface area contributed by atoms with Crippen LogP contribution >= 0.6 is 0 Å².